The lowest BCUT2D eigenvalue weighted by atomic mass is 10.0. The highest BCUT2D eigenvalue weighted by Crippen LogP contribution is 2.25. The number of benzene rings is 3. The number of carboxylic acids is 1. The predicted octanol–water partition coefficient (Wildman–Crippen LogP) is 4.26. The Kier molecular flexibility index (Phi) is 3.71. The van der Waals surface area contributed by atoms with Crippen LogP contribution in [0.4, 0.5) is 0 Å². The molecule has 4 aromatic rings. The summed E-state index contributed by atoms with van der Waals surface area (Å²) in [5.74, 6) is -0.971. The van der Waals surface area contributed by atoms with Gasteiger partial charge in [-0.1, -0.05) is 24.3 Å². The number of rotatable bonds is 3. The quantitative estimate of drug-likeness (QED) is 0.605. The fourth-order valence-corrected chi connectivity index (χ4v) is 2.95. The van der Waals surface area contributed by atoms with E-state index in [0.717, 1.165) is 27.8 Å². The lowest BCUT2D eigenvalue weighted by molar-refractivity contribution is 0.0697. The molecule has 0 saturated carbocycles. The Hall–Kier alpha value is -3.91. The molecule has 0 atom stereocenters. The van der Waals surface area contributed by atoms with Crippen molar-refractivity contribution in [3.63, 3.8) is 0 Å². The van der Waals surface area contributed by atoms with E-state index in [1.54, 1.807) is 30.6 Å². The molecule has 1 heterocycles. The van der Waals surface area contributed by atoms with Gasteiger partial charge in [0.2, 0.25) is 0 Å². The third-order valence-corrected chi connectivity index (χ3v) is 4.24. The maximum Gasteiger partial charge on any atom is 0.335 e. The van der Waals surface area contributed by atoms with Crippen LogP contribution in [0.3, 0.4) is 0 Å². The zero-order valence-electron chi connectivity index (χ0n) is 13.6. The van der Waals surface area contributed by atoms with E-state index in [4.69, 9.17) is 5.26 Å². The zero-order valence-corrected chi connectivity index (χ0v) is 13.6. The van der Waals surface area contributed by atoms with E-state index in [2.05, 4.69) is 11.1 Å². The molecule has 5 nitrogen and oxygen atoms in total. The van der Waals surface area contributed by atoms with Crippen molar-refractivity contribution in [1.29, 1.82) is 5.26 Å². The first-order chi connectivity index (χ1) is 12.7. The van der Waals surface area contributed by atoms with Gasteiger partial charge in [-0.25, -0.2) is 9.78 Å². The van der Waals surface area contributed by atoms with Gasteiger partial charge >= 0.3 is 5.97 Å². The van der Waals surface area contributed by atoms with Gasteiger partial charge in [0.15, 0.2) is 0 Å². The van der Waals surface area contributed by atoms with Crippen molar-refractivity contribution in [3.8, 4) is 22.9 Å². The molecule has 0 fully saturated rings. The van der Waals surface area contributed by atoms with Crippen LogP contribution in [0.25, 0.3) is 27.8 Å². The highest BCUT2D eigenvalue weighted by Gasteiger charge is 2.10. The predicted molar refractivity (Wildman–Crippen MR) is 98.2 cm³/mol. The first-order valence-electron chi connectivity index (χ1n) is 7.97. The molecule has 0 amide bonds. The number of imidazole rings is 1. The Morgan fingerprint density at radius 1 is 1.00 bits per heavy atom. The van der Waals surface area contributed by atoms with Crippen LogP contribution in [0.1, 0.15) is 15.9 Å². The minimum Gasteiger partial charge on any atom is -0.478 e. The molecule has 1 N–H and O–H groups in total. The van der Waals surface area contributed by atoms with Crippen molar-refractivity contribution in [3.05, 3.63) is 84.2 Å². The lowest BCUT2D eigenvalue weighted by Crippen LogP contribution is -1.97. The second-order valence-corrected chi connectivity index (χ2v) is 5.87. The van der Waals surface area contributed by atoms with Gasteiger partial charge in [0.05, 0.1) is 28.2 Å². The van der Waals surface area contributed by atoms with Crippen LogP contribution >= 0.6 is 0 Å². The number of aromatic nitrogens is 2. The molecular weight excluding hydrogens is 326 g/mol. The molecule has 124 valence electrons. The van der Waals surface area contributed by atoms with Gasteiger partial charge < -0.3 is 5.11 Å². The van der Waals surface area contributed by atoms with E-state index in [0.29, 0.717) is 5.56 Å². The summed E-state index contributed by atoms with van der Waals surface area (Å²) in [5.41, 5.74) is 5.07. The second kappa shape index (κ2) is 6.19. The number of nitriles is 1. The van der Waals surface area contributed by atoms with Crippen molar-refractivity contribution in [2.24, 2.45) is 0 Å². The van der Waals surface area contributed by atoms with Gasteiger partial charge in [-0.05, 0) is 53.6 Å². The Bertz CT molecular complexity index is 1190. The van der Waals surface area contributed by atoms with Crippen LogP contribution in [0.5, 0.6) is 0 Å². The normalized spacial score (nSPS) is 10.6. The summed E-state index contributed by atoms with van der Waals surface area (Å²) in [5, 5.41) is 18.3. The molecule has 1 aromatic heterocycles. The largest absolute Gasteiger partial charge is 0.478 e. The molecule has 4 rings (SSSR count). The molecule has 26 heavy (non-hydrogen) atoms. The average molecular weight is 339 g/mol. The Morgan fingerprint density at radius 3 is 2.54 bits per heavy atom. The van der Waals surface area contributed by atoms with Crippen LogP contribution in [-0.2, 0) is 0 Å². The number of carboxylic acid groups (broad SMARTS) is 1. The summed E-state index contributed by atoms with van der Waals surface area (Å²) in [4.78, 5) is 15.6. The number of fused-ring (bicyclic) bond motifs is 1. The van der Waals surface area contributed by atoms with E-state index in [1.807, 2.05) is 47.0 Å². The Balaban J connectivity index is 1.84. The van der Waals surface area contributed by atoms with Gasteiger partial charge in [0.1, 0.15) is 6.33 Å². The van der Waals surface area contributed by atoms with Gasteiger partial charge in [0, 0.05) is 5.69 Å². The number of carbonyl (C=O) groups is 1. The molecule has 0 saturated heterocycles. The highest BCUT2D eigenvalue weighted by molar-refractivity contribution is 5.92. The average Bonchev–Trinajstić information content (AvgIpc) is 3.11. The molecule has 0 radical (unpaired) electrons. The van der Waals surface area contributed by atoms with Crippen LogP contribution < -0.4 is 0 Å². The molecule has 0 spiro atoms. The molecule has 0 bridgehead atoms. The molecular formula is C21H13N3O2. The lowest BCUT2D eigenvalue weighted by Gasteiger charge is -2.08. The summed E-state index contributed by atoms with van der Waals surface area (Å²) < 4.78 is 1.86. The van der Waals surface area contributed by atoms with Gasteiger partial charge in [-0.15, -0.1) is 0 Å². The molecule has 0 aliphatic heterocycles. The number of hydrogen-bond acceptors (Lipinski definition) is 3. The maximum atomic E-state index is 11.3. The fraction of sp³-hybridized carbons (Fsp3) is 0. The monoisotopic (exact) mass is 339 g/mol. The topological polar surface area (TPSA) is 78.9 Å². The smallest absolute Gasteiger partial charge is 0.335 e. The van der Waals surface area contributed by atoms with Gasteiger partial charge in [-0.2, -0.15) is 5.26 Å². The Morgan fingerprint density at radius 2 is 1.77 bits per heavy atom. The third kappa shape index (κ3) is 2.70. The van der Waals surface area contributed by atoms with Crippen LogP contribution in [-0.4, -0.2) is 20.6 Å². The SMILES string of the molecule is N#Cc1cccc(-c2cccc(-n3cnc4ccc(C(=O)O)cc43)c2)c1. The summed E-state index contributed by atoms with van der Waals surface area (Å²) in [7, 11) is 0. The van der Waals surface area contributed by atoms with Gasteiger partial charge in [-0.3, -0.25) is 4.57 Å². The first-order valence-corrected chi connectivity index (χ1v) is 7.97. The zero-order chi connectivity index (χ0) is 18.1. The van der Waals surface area contributed by atoms with Crippen LogP contribution in [0, 0.1) is 11.3 Å². The standard InChI is InChI=1S/C21H13N3O2/c22-12-14-3-1-4-15(9-14)16-5-2-6-18(10-16)24-13-23-19-8-7-17(21(25)26)11-20(19)24/h1-11,13H,(H,25,26). The molecule has 0 aliphatic rings. The van der Waals surface area contributed by atoms with Crippen molar-refractivity contribution in [1.82, 2.24) is 9.55 Å². The summed E-state index contributed by atoms with van der Waals surface area (Å²) in [6, 6.07) is 22.3. The second-order valence-electron chi connectivity index (χ2n) is 5.87. The van der Waals surface area contributed by atoms with E-state index in [-0.39, 0.29) is 5.56 Å². The number of hydrogen-bond donors (Lipinski definition) is 1. The van der Waals surface area contributed by atoms with E-state index < -0.39 is 5.97 Å². The molecule has 3 aromatic carbocycles. The highest BCUT2D eigenvalue weighted by atomic mass is 16.4. The maximum absolute atomic E-state index is 11.3. The molecule has 5 heteroatoms. The number of nitrogens with zero attached hydrogens (tertiary/aromatic N) is 3. The van der Waals surface area contributed by atoms with Crippen LogP contribution in [0.2, 0.25) is 0 Å². The van der Waals surface area contributed by atoms with Gasteiger partial charge in [0.25, 0.3) is 0 Å². The molecule has 0 unspecified atom stereocenters. The molecule has 0 aliphatic carbocycles. The summed E-state index contributed by atoms with van der Waals surface area (Å²) >= 11 is 0. The van der Waals surface area contributed by atoms with Crippen LogP contribution in [0.15, 0.2) is 73.1 Å². The Labute approximate surface area is 149 Å². The summed E-state index contributed by atoms with van der Waals surface area (Å²) in [6.07, 6.45) is 1.68. The minimum absolute atomic E-state index is 0.220. The van der Waals surface area contributed by atoms with Crippen molar-refractivity contribution < 1.29 is 9.90 Å². The number of aromatic carboxylic acids is 1. The fourth-order valence-electron chi connectivity index (χ4n) is 2.95. The third-order valence-electron chi connectivity index (χ3n) is 4.24. The van der Waals surface area contributed by atoms with E-state index in [1.165, 1.54) is 0 Å². The van der Waals surface area contributed by atoms with Crippen molar-refractivity contribution in [2.45, 2.75) is 0 Å². The van der Waals surface area contributed by atoms with Crippen molar-refractivity contribution >= 4 is 17.0 Å². The van der Waals surface area contributed by atoms with E-state index >= 15 is 0 Å². The minimum atomic E-state index is -0.971. The van der Waals surface area contributed by atoms with Crippen molar-refractivity contribution in [2.75, 3.05) is 0 Å². The first kappa shape index (κ1) is 15.6. The van der Waals surface area contributed by atoms with E-state index in [9.17, 15) is 9.90 Å². The summed E-state index contributed by atoms with van der Waals surface area (Å²) in [6.45, 7) is 0.